The standard InChI is InChI=1S/C16H20N2O2/c1-19-15-6-8-16(9-7-15)20-11-10-18-12-13-2-4-14(17)5-3-13/h2-9,18H,10-12,17H2,1H3. The van der Waals surface area contributed by atoms with Gasteiger partial charge in [0, 0.05) is 18.8 Å². The van der Waals surface area contributed by atoms with Gasteiger partial charge in [-0.05, 0) is 42.0 Å². The van der Waals surface area contributed by atoms with E-state index in [1.54, 1.807) is 7.11 Å². The lowest BCUT2D eigenvalue weighted by Gasteiger charge is -2.08. The summed E-state index contributed by atoms with van der Waals surface area (Å²) in [4.78, 5) is 0. The number of nitrogens with one attached hydrogen (secondary N) is 1. The first-order chi connectivity index (χ1) is 9.78. The van der Waals surface area contributed by atoms with Crippen LogP contribution in [-0.4, -0.2) is 20.3 Å². The van der Waals surface area contributed by atoms with E-state index in [9.17, 15) is 0 Å². The average molecular weight is 272 g/mol. The summed E-state index contributed by atoms with van der Waals surface area (Å²) in [6, 6.07) is 15.4. The molecule has 0 aromatic heterocycles. The third-order valence-corrected chi connectivity index (χ3v) is 2.92. The minimum Gasteiger partial charge on any atom is -0.497 e. The summed E-state index contributed by atoms with van der Waals surface area (Å²) in [5.41, 5.74) is 7.64. The quantitative estimate of drug-likeness (QED) is 0.600. The van der Waals surface area contributed by atoms with Crippen molar-refractivity contribution in [3.05, 3.63) is 54.1 Å². The molecule has 2 rings (SSSR count). The lowest BCUT2D eigenvalue weighted by molar-refractivity contribution is 0.313. The molecule has 2 aromatic rings. The fourth-order valence-electron chi connectivity index (χ4n) is 1.78. The van der Waals surface area contributed by atoms with E-state index in [4.69, 9.17) is 15.2 Å². The Balaban J connectivity index is 1.64. The van der Waals surface area contributed by atoms with Gasteiger partial charge in [0.2, 0.25) is 0 Å². The summed E-state index contributed by atoms with van der Waals surface area (Å²) in [5, 5.41) is 3.32. The molecule has 20 heavy (non-hydrogen) atoms. The Morgan fingerprint density at radius 3 is 2.25 bits per heavy atom. The molecular weight excluding hydrogens is 252 g/mol. The maximum Gasteiger partial charge on any atom is 0.119 e. The number of anilines is 1. The van der Waals surface area contributed by atoms with Crippen LogP contribution in [0.15, 0.2) is 48.5 Å². The second-order valence-corrected chi connectivity index (χ2v) is 4.44. The van der Waals surface area contributed by atoms with Crippen molar-refractivity contribution in [2.45, 2.75) is 6.54 Å². The summed E-state index contributed by atoms with van der Waals surface area (Å²) in [5.74, 6) is 1.68. The van der Waals surface area contributed by atoms with E-state index in [0.29, 0.717) is 6.61 Å². The van der Waals surface area contributed by atoms with Gasteiger partial charge in [-0.15, -0.1) is 0 Å². The van der Waals surface area contributed by atoms with Crippen LogP contribution in [0.3, 0.4) is 0 Å². The van der Waals surface area contributed by atoms with Crippen molar-refractivity contribution in [3.63, 3.8) is 0 Å². The van der Waals surface area contributed by atoms with Crippen LogP contribution in [0.2, 0.25) is 0 Å². The third kappa shape index (κ3) is 4.48. The smallest absolute Gasteiger partial charge is 0.119 e. The van der Waals surface area contributed by atoms with Gasteiger partial charge in [0.15, 0.2) is 0 Å². The van der Waals surface area contributed by atoms with Crippen molar-refractivity contribution < 1.29 is 9.47 Å². The summed E-state index contributed by atoms with van der Waals surface area (Å²) in [7, 11) is 1.65. The summed E-state index contributed by atoms with van der Waals surface area (Å²) in [6.07, 6.45) is 0. The Bertz CT molecular complexity index is 509. The molecule has 0 saturated heterocycles. The zero-order chi connectivity index (χ0) is 14.2. The molecule has 3 N–H and O–H groups in total. The minimum absolute atomic E-state index is 0.626. The fourth-order valence-corrected chi connectivity index (χ4v) is 1.78. The molecule has 0 fully saturated rings. The van der Waals surface area contributed by atoms with Crippen molar-refractivity contribution in [3.8, 4) is 11.5 Å². The lowest BCUT2D eigenvalue weighted by Crippen LogP contribution is -2.20. The maximum atomic E-state index is 5.64. The number of rotatable bonds is 7. The van der Waals surface area contributed by atoms with Gasteiger partial charge >= 0.3 is 0 Å². The topological polar surface area (TPSA) is 56.5 Å². The summed E-state index contributed by atoms with van der Waals surface area (Å²) in [6.45, 7) is 2.23. The molecule has 0 aliphatic carbocycles. The number of nitrogens with two attached hydrogens (primary N) is 1. The van der Waals surface area contributed by atoms with Gasteiger partial charge in [-0.25, -0.2) is 0 Å². The van der Waals surface area contributed by atoms with Crippen LogP contribution in [0.4, 0.5) is 5.69 Å². The van der Waals surface area contributed by atoms with Gasteiger partial charge in [0.25, 0.3) is 0 Å². The molecule has 0 aliphatic heterocycles. The van der Waals surface area contributed by atoms with E-state index in [-0.39, 0.29) is 0 Å². The van der Waals surface area contributed by atoms with Gasteiger partial charge in [-0.1, -0.05) is 12.1 Å². The van der Waals surface area contributed by atoms with Gasteiger partial charge in [-0.3, -0.25) is 0 Å². The number of hydrogen-bond acceptors (Lipinski definition) is 4. The molecule has 0 amide bonds. The van der Waals surface area contributed by atoms with Crippen LogP contribution in [0.5, 0.6) is 11.5 Å². The van der Waals surface area contributed by atoms with E-state index < -0.39 is 0 Å². The third-order valence-electron chi connectivity index (χ3n) is 2.92. The highest BCUT2D eigenvalue weighted by Gasteiger charge is 1.96. The Hall–Kier alpha value is -2.20. The van der Waals surface area contributed by atoms with Gasteiger partial charge < -0.3 is 20.5 Å². The van der Waals surface area contributed by atoms with Crippen LogP contribution in [0.1, 0.15) is 5.56 Å². The Morgan fingerprint density at radius 1 is 0.950 bits per heavy atom. The number of ether oxygens (including phenoxy) is 2. The highest BCUT2D eigenvalue weighted by Crippen LogP contribution is 2.16. The van der Waals surface area contributed by atoms with Crippen LogP contribution in [0.25, 0.3) is 0 Å². The number of methoxy groups -OCH3 is 1. The molecule has 4 heteroatoms. The van der Waals surface area contributed by atoms with Gasteiger partial charge in [0.05, 0.1) is 7.11 Å². The molecule has 2 aromatic carbocycles. The van der Waals surface area contributed by atoms with E-state index >= 15 is 0 Å². The van der Waals surface area contributed by atoms with Crippen LogP contribution in [-0.2, 0) is 6.54 Å². The van der Waals surface area contributed by atoms with Crippen LogP contribution < -0.4 is 20.5 Å². The van der Waals surface area contributed by atoms with E-state index in [1.165, 1.54) is 5.56 Å². The molecule has 0 heterocycles. The van der Waals surface area contributed by atoms with E-state index in [1.807, 2.05) is 48.5 Å². The predicted octanol–water partition coefficient (Wildman–Crippen LogP) is 2.45. The highest BCUT2D eigenvalue weighted by molar-refractivity contribution is 5.39. The fraction of sp³-hybridized carbons (Fsp3) is 0.250. The lowest BCUT2D eigenvalue weighted by atomic mass is 10.2. The van der Waals surface area contributed by atoms with Crippen molar-refractivity contribution in [2.24, 2.45) is 0 Å². The van der Waals surface area contributed by atoms with E-state index in [0.717, 1.165) is 30.3 Å². The van der Waals surface area contributed by atoms with E-state index in [2.05, 4.69) is 5.32 Å². The molecule has 4 nitrogen and oxygen atoms in total. The molecule has 0 radical (unpaired) electrons. The first-order valence-electron chi connectivity index (χ1n) is 6.60. The predicted molar refractivity (Wildman–Crippen MR) is 81.1 cm³/mol. The number of benzene rings is 2. The van der Waals surface area contributed by atoms with Crippen molar-refractivity contribution in [1.82, 2.24) is 5.32 Å². The Kier molecular flexibility index (Phi) is 5.26. The Labute approximate surface area is 119 Å². The van der Waals surface area contributed by atoms with Crippen LogP contribution >= 0.6 is 0 Å². The van der Waals surface area contributed by atoms with Crippen molar-refractivity contribution in [2.75, 3.05) is 26.0 Å². The molecular formula is C16H20N2O2. The number of nitrogen functional groups attached to an aromatic ring is 1. The Morgan fingerprint density at radius 2 is 1.60 bits per heavy atom. The summed E-state index contributed by atoms with van der Waals surface area (Å²) < 4.78 is 10.7. The first-order valence-corrected chi connectivity index (χ1v) is 6.60. The monoisotopic (exact) mass is 272 g/mol. The van der Waals surface area contributed by atoms with Crippen molar-refractivity contribution in [1.29, 1.82) is 0 Å². The van der Waals surface area contributed by atoms with Crippen molar-refractivity contribution >= 4 is 5.69 Å². The number of hydrogen-bond donors (Lipinski definition) is 2. The molecule has 106 valence electrons. The second-order valence-electron chi connectivity index (χ2n) is 4.44. The SMILES string of the molecule is COc1ccc(OCCNCc2ccc(N)cc2)cc1. The normalized spacial score (nSPS) is 10.2. The molecule has 0 aliphatic rings. The zero-order valence-electron chi connectivity index (χ0n) is 11.6. The zero-order valence-corrected chi connectivity index (χ0v) is 11.6. The molecule has 0 saturated carbocycles. The molecule has 0 bridgehead atoms. The maximum absolute atomic E-state index is 5.64. The van der Waals surface area contributed by atoms with Crippen LogP contribution in [0, 0.1) is 0 Å². The summed E-state index contributed by atoms with van der Waals surface area (Å²) >= 11 is 0. The van der Waals surface area contributed by atoms with Gasteiger partial charge in [0.1, 0.15) is 18.1 Å². The molecule has 0 atom stereocenters. The first kappa shape index (κ1) is 14.2. The largest absolute Gasteiger partial charge is 0.497 e. The average Bonchev–Trinajstić information content (AvgIpc) is 2.49. The van der Waals surface area contributed by atoms with Gasteiger partial charge in [-0.2, -0.15) is 0 Å². The highest BCUT2D eigenvalue weighted by atomic mass is 16.5. The minimum atomic E-state index is 0.626. The molecule has 0 spiro atoms. The second kappa shape index (κ2) is 7.40. The molecule has 0 unspecified atom stereocenters.